The molecule has 2 aliphatic rings. The number of amides is 2. The summed E-state index contributed by atoms with van der Waals surface area (Å²) in [5.74, 6) is 0.804. The summed E-state index contributed by atoms with van der Waals surface area (Å²) < 4.78 is 0. The van der Waals surface area contributed by atoms with Gasteiger partial charge in [0.15, 0.2) is 0 Å². The quantitative estimate of drug-likeness (QED) is 0.355. The largest absolute Gasteiger partial charge is 0.394 e. The Labute approximate surface area is 234 Å². The van der Waals surface area contributed by atoms with Crippen molar-refractivity contribution in [3.8, 4) is 0 Å². The van der Waals surface area contributed by atoms with Crippen LogP contribution in [0.2, 0.25) is 5.02 Å². The molecule has 2 aliphatic heterocycles. The molecule has 3 aromatic rings. The van der Waals surface area contributed by atoms with E-state index in [1.54, 1.807) is 11.0 Å². The van der Waals surface area contributed by atoms with Crippen molar-refractivity contribution in [2.75, 3.05) is 26.2 Å². The van der Waals surface area contributed by atoms with Crippen molar-refractivity contribution in [3.05, 3.63) is 70.5 Å². The van der Waals surface area contributed by atoms with Crippen LogP contribution in [0.3, 0.4) is 0 Å². The number of aromatic amines is 1. The number of halogens is 1. The smallest absolute Gasteiger partial charge is 0.254 e. The van der Waals surface area contributed by atoms with Crippen LogP contribution in [0, 0.1) is 6.92 Å². The molecule has 0 saturated carbocycles. The molecule has 2 fully saturated rings. The topological polar surface area (TPSA) is 102 Å². The molecule has 3 heterocycles. The molecule has 8 nitrogen and oxygen atoms in total. The molecular weight excluding hydrogens is 514 g/mol. The number of aromatic nitrogens is 2. The van der Waals surface area contributed by atoms with Gasteiger partial charge in [-0.15, -0.1) is 0 Å². The minimum atomic E-state index is -0.311. The minimum Gasteiger partial charge on any atom is -0.394 e. The number of carbonyl (C=O) groups excluding carboxylic acids is 2. The second-order valence-corrected chi connectivity index (χ2v) is 11.0. The van der Waals surface area contributed by atoms with Crippen LogP contribution in [-0.2, 0) is 4.79 Å². The summed E-state index contributed by atoms with van der Waals surface area (Å²) in [5.41, 5.74) is 4.79. The summed E-state index contributed by atoms with van der Waals surface area (Å²) in [6, 6.07) is 10.9. The van der Waals surface area contributed by atoms with E-state index in [9.17, 15) is 14.7 Å². The van der Waals surface area contributed by atoms with E-state index in [1.807, 2.05) is 42.2 Å². The molecule has 0 radical (unpaired) electrons. The molecule has 2 saturated heterocycles. The van der Waals surface area contributed by atoms with E-state index in [0.717, 1.165) is 60.9 Å². The molecule has 0 spiro atoms. The number of hydrogen-bond acceptors (Lipinski definition) is 5. The first kappa shape index (κ1) is 27.2. The van der Waals surface area contributed by atoms with E-state index in [2.05, 4.69) is 16.9 Å². The predicted molar refractivity (Wildman–Crippen MR) is 153 cm³/mol. The molecule has 5 rings (SSSR count). The van der Waals surface area contributed by atoms with E-state index >= 15 is 0 Å². The van der Waals surface area contributed by atoms with Crippen LogP contribution >= 0.6 is 11.6 Å². The third-order valence-corrected chi connectivity index (χ3v) is 8.13. The third-order valence-electron chi connectivity index (χ3n) is 7.89. The van der Waals surface area contributed by atoms with Gasteiger partial charge in [0, 0.05) is 42.3 Å². The summed E-state index contributed by atoms with van der Waals surface area (Å²) in [6.07, 6.45) is 4.65. The number of benzene rings is 2. The van der Waals surface area contributed by atoms with Crippen molar-refractivity contribution < 1.29 is 14.7 Å². The number of likely N-dealkylation sites (tertiary alicyclic amines) is 2. The zero-order chi connectivity index (χ0) is 27.5. The van der Waals surface area contributed by atoms with Gasteiger partial charge in [0.25, 0.3) is 5.91 Å². The Kier molecular flexibility index (Phi) is 8.23. The monoisotopic (exact) mass is 549 g/mol. The van der Waals surface area contributed by atoms with Gasteiger partial charge in [0.05, 0.1) is 29.7 Å². The molecule has 0 aliphatic carbocycles. The van der Waals surface area contributed by atoms with Crippen LogP contribution in [0.5, 0.6) is 0 Å². The number of H-pyrrole nitrogens is 1. The normalized spacial score (nSPS) is 18.1. The van der Waals surface area contributed by atoms with E-state index in [1.165, 1.54) is 0 Å². The highest BCUT2D eigenvalue weighted by Crippen LogP contribution is 2.27. The fraction of sp³-hybridized carbons (Fsp3) is 0.433. The molecule has 206 valence electrons. The van der Waals surface area contributed by atoms with Crippen molar-refractivity contribution in [1.29, 1.82) is 0 Å². The Bertz CT molecular complexity index is 1380. The van der Waals surface area contributed by atoms with Crippen molar-refractivity contribution in [1.82, 2.24) is 25.1 Å². The highest BCUT2D eigenvalue weighted by Gasteiger charge is 2.29. The second kappa shape index (κ2) is 11.8. The van der Waals surface area contributed by atoms with Gasteiger partial charge in [0.1, 0.15) is 5.82 Å². The van der Waals surface area contributed by atoms with Crippen LogP contribution in [-0.4, -0.2) is 69.0 Å². The Morgan fingerprint density at radius 2 is 1.97 bits per heavy atom. The van der Waals surface area contributed by atoms with Gasteiger partial charge in [0.2, 0.25) is 5.91 Å². The maximum Gasteiger partial charge on any atom is 0.254 e. The number of carbonyl (C=O) groups is 2. The van der Waals surface area contributed by atoms with Crippen LogP contribution in [0.15, 0.2) is 43.0 Å². The van der Waals surface area contributed by atoms with Gasteiger partial charge in [-0.3, -0.25) is 9.59 Å². The molecule has 2 aromatic carbocycles. The van der Waals surface area contributed by atoms with E-state index in [-0.39, 0.29) is 30.5 Å². The van der Waals surface area contributed by atoms with Gasteiger partial charge < -0.3 is 25.2 Å². The SMILES string of the molecule is C=C(NC(CCC(=O)N1CCCC1CO)c1nc2ccc(Cl)cc2[nH]1)c1ccc(C(=O)N2CCCC2)c(C)c1. The highest BCUT2D eigenvalue weighted by atomic mass is 35.5. The van der Waals surface area contributed by atoms with Crippen LogP contribution in [0.1, 0.15) is 71.9 Å². The zero-order valence-corrected chi connectivity index (χ0v) is 23.1. The molecule has 9 heteroatoms. The number of aryl methyl sites for hydroxylation is 1. The molecule has 0 bridgehead atoms. The fourth-order valence-electron chi connectivity index (χ4n) is 5.68. The number of fused-ring (bicyclic) bond motifs is 1. The zero-order valence-electron chi connectivity index (χ0n) is 22.4. The second-order valence-electron chi connectivity index (χ2n) is 10.6. The molecule has 3 N–H and O–H groups in total. The average molecular weight is 550 g/mol. The van der Waals surface area contributed by atoms with Gasteiger partial charge in [-0.2, -0.15) is 0 Å². The van der Waals surface area contributed by atoms with Crippen molar-refractivity contribution in [3.63, 3.8) is 0 Å². The van der Waals surface area contributed by atoms with Gasteiger partial charge in [-0.25, -0.2) is 4.98 Å². The molecule has 2 amide bonds. The molecular formula is C30H36ClN5O3. The maximum absolute atomic E-state index is 13.1. The highest BCUT2D eigenvalue weighted by molar-refractivity contribution is 6.31. The lowest BCUT2D eigenvalue weighted by molar-refractivity contribution is -0.132. The van der Waals surface area contributed by atoms with E-state index < -0.39 is 0 Å². The number of aliphatic hydroxyl groups is 1. The minimum absolute atomic E-state index is 0.00976. The molecule has 1 aromatic heterocycles. The third kappa shape index (κ3) is 5.97. The maximum atomic E-state index is 13.1. The summed E-state index contributed by atoms with van der Waals surface area (Å²) in [4.78, 5) is 37.8. The number of aliphatic hydroxyl groups excluding tert-OH is 1. The lowest BCUT2D eigenvalue weighted by Gasteiger charge is -2.25. The van der Waals surface area contributed by atoms with E-state index in [0.29, 0.717) is 41.5 Å². The first-order chi connectivity index (χ1) is 18.8. The van der Waals surface area contributed by atoms with Crippen LogP contribution in [0.4, 0.5) is 0 Å². The summed E-state index contributed by atoms with van der Waals surface area (Å²) >= 11 is 6.19. The van der Waals surface area contributed by atoms with Gasteiger partial charge >= 0.3 is 0 Å². The molecule has 2 atom stereocenters. The lowest BCUT2D eigenvalue weighted by atomic mass is 10.0. The Morgan fingerprint density at radius 3 is 2.72 bits per heavy atom. The van der Waals surface area contributed by atoms with E-state index in [4.69, 9.17) is 16.6 Å². The van der Waals surface area contributed by atoms with Crippen molar-refractivity contribution >= 4 is 40.1 Å². The predicted octanol–water partition coefficient (Wildman–Crippen LogP) is 4.83. The fourth-order valence-corrected chi connectivity index (χ4v) is 5.86. The van der Waals surface area contributed by atoms with Crippen molar-refractivity contribution in [2.24, 2.45) is 0 Å². The number of hydrogen-bond donors (Lipinski definition) is 3. The lowest BCUT2D eigenvalue weighted by Crippen LogP contribution is -2.38. The molecule has 2 unspecified atom stereocenters. The van der Waals surface area contributed by atoms with Crippen molar-refractivity contribution in [2.45, 2.75) is 57.5 Å². The number of nitrogens with zero attached hydrogens (tertiary/aromatic N) is 3. The van der Waals surface area contributed by atoms with Gasteiger partial charge in [-0.1, -0.05) is 24.2 Å². The number of rotatable bonds is 9. The average Bonchev–Trinajstić information content (AvgIpc) is 3.70. The number of nitrogens with one attached hydrogen (secondary N) is 2. The first-order valence-electron chi connectivity index (χ1n) is 13.8. The van der Waals surface area contributed by atoms with Gasteiger partial charge in [-0.05, 0) is 80.5 Å². The summed E-state index contributed by atoms with van der Waals surface area (Å²) in [6.45, 7) is 8.53. The Hall–Kier alpha value is -3.36. The molecule has 39 heavy (non-hydrogen) atoms. The standard InChI is InChI=1S/C30H36ClN5O3/c1-19-16-21(7-9-24(19)30(39)35-13-3-4-14-35)20(2)32-26(11-12-28(38)36-15-5-6-23(36)18-37)29-33-25-10-8-22(31)17-27(25)34-29/h7-10,16-17,23,26,32,37H,2-6,11-15,18H2,1H3,(H,33,34). The van der Waals surface area contributed by atoms with Crippen LogP contribution in [0.25, 0.3) is 16.7 Å². The summed E-state index contributed by atoms with van der Waals surface area (Å²) in [7, 11) is 0. The summed E-state index contributed by atoms with van der Waals surface area (Å²) in [5, 5.41) is 13.8. The van der Waals surface area contributed by atoms with Crippen LogP contribution < -0.4 is 5.32 Å². The Morgan fingerprint density at radius 1 is 1.18 bits per heavy atom. The Balaban J connectivity index is 1.35. The first-order valence-corrected chi connectivity index (χ1v) is 14.1. The number of imidazole rings is 1.